The standard InChI is InChI=1S/C14H19N3S/c1-4-7-15-14-9-12(16-13(5-2)17-14)11-6-8-18-10(11)3/h6,8-9H,4-5,7H2,1-3H3,(H,15,16,17). The number of aromatic nitrogens is 2. The molecule has 4 heteroatoms. The summed E-state index contributed by atoms with van der Waals surface area (Å²) in [5.41, 5.74) is 2.25. The van der Waals surface area contributed by atoms with Gasteiger partial charge in [-0.3, -0.25) is 0 Å². The molecule has 0 aromatic carbocycles. The molecule has 0 unspecified atom stereocenters. The second-order valence-electron chi connectivity index (χ2n) is 4.23. The number of nitrogens with zero attached hydrogens (tertiary/aromatic N) is 2. The maximum absolute atomic E-state index is 4.62. The monoisotopic (exact) mass is 261 g/mol. The molecule has 18 heavy (non-hydrogen) atoms. The molecule has 0 saturated carbocycles. The summed E-state index contributed by atoms with van der Waals surface area (Å²) in [6.45, 7) is 7.32. The molecule has 0 amide bonds. The fourth-order valence-corrected chi connectivity index (χ4v) is 2.50. The van der Waals surface area contributed by atoms with Gasteiger partial charge in [-0.2, -0.15) is 0 Å². The lowest BCUT2D eigenvalue weighted by Gasteiger charge is -2.08. The van der Waals surface area contributed by atoms with Crippen molar-refractivity contribution in [1.29, 1.82) is 0 Å². The van der Waals surface area contributed by atoms with Crippen molar-refractivity contribution in [3.63, 3.8) is 0 Å². The minimum absolute atomic E-state index is 0.859. The van der Waals surface area contributed by atoms with Crippen LogP contribution in [0.25, 0.3) is 11.3 Å². The second-order valence-corrected chi connectivity index (χ2v) is 5.35. The van der Waals surface area contributed by atoms with E-state index in [1.165, 1.54) is 10.4 Å². The maximum atomic E-state index is 4.62. The van der Waals surface area contributed by atoms with E-state index in [0.717, 1.165) is 36.7 Å². The summed E-state index contributed by atoms with van der Waals surface area (Å²) in [5, 5.41) is 5.45. The zero-order valence-corrected chi connectivity index (χ0v) is 12.0. The van der Waals surface area contributed by atoms with Gasteiger partial charge in [0.1, 0.15) is 11.6 Å². The smallest absolute Gasteiger partial charge is 0.131 e. The molecule has 0 aliphatic carbocycles. The highest BCUT2D eigenvalue weighted by molar-refractivity contribution is 7.10. The van der Waals surface area contributed by atoms with E-state index in [9.17, 15) is 0 Å². The van der Waals surface area contributed by atoms with Crippen LogP contribution in [0.15, 0.2) is 17.5 Å². The Morgan fingerprint density at radius 1 is 1.28 bits per heavy atom. The summed E-state index contributed by atoms with van der Waals surface area (Å²) < 4.78 is 0. The van der Waals surface area contributed by atoms with Crippen LogP contribution in [0.2, 0.25) is 0 Å². The van der Waals surface area contributed by atoms with E-state index in [2.05, 4.69) is 47.5 Å². The first-order valence-corrected chi connectivity index (χ1v) is 7.28. The molecule has 0 bridgehead atoms. The lowest BCUT2D eigenvalue weighted by Crippen LogP contribution is -2.05. The summed E-state index contributed by atoms with van der Waals surface area (Å²) >= 11 is 1.76. The van der Waals surface area contributed by atoms with Crippen molar-refractivity contribution in [2.75, 3.05) is 11.9 Å². The van der Waals surface area contributed by atoms with Gasteiger partial charge in [0.15, 0.2) is 0 Å². The Morgan fingerprint density at radius 3 is 2.72 bits per heavy atom. The SMILES string of the molecule is CCCNc1cc(-c2ccsc2C)nc(CC)n1. The molecule has 96 valence electrons. The molecule has 0 atom stereocenters. The Bertz CT molecular complexity index is 520. The van der Waals surface area contributed by atoms with Crippen LogP contribution < -0.4 is 5.32 Å². The van der Waals surface area contributed by atoms with E-state index >= 15 is 0 Å². The van der Waals surface area contributed by atoms with Gasteiger partial charge in [-0.05, 0) is 24.8 Å². The fraction of sp³-hybridized carbons (Fsp3) is 0.429. The van der Waals surface area contributed by atoms with Gasteiger partial charge in [-0.15, -0.1) is 11.3 Å². The number of hydrogen-bond acceptors (Lipinski definition) is 4. The zero-order valence-electron chi connectivity index (χ0n) is 11.2. The van der Waals surface area contributed by atoms with Gasteiger partial charge in [0, 0.05) is 29.5 Å². The Balaban J connectivity index is 2.38. The molecular formula is C14H19N3S. The van der Waals surface area contributed by atoms with Crippen molar-refractivity contribution in [1.82, 2.24) is 9.97 Å². The third-order valence-corrected chi connectivity index (χ3v) is 3.63. The van der Waals surface area contributed by atoms with Crippen molar-refractivity contribution >= 4 is 17.2 Å². The lowest BCUT2D eigenvalue weighted by atomic mass is 10.2. The Labute approximate surface area is 112 Å². The first kappa shape index (κ1) is 13.0. The normalized spacial score (nSPS) is 10.6. The van der Waals surface area contributed by atoms with Crippen LogP contribution in [0, 0.1) is 6.92 Å². The van der Waals surface area contributed by atoms with Crippen LogP contribution in [-0.2, 0) is 6.42 Å². The van der Waals surface area contributed by atoms with Crippen LogP contribution >= 0.6 is 11.3 Å². The molecule has 2 heterocycles. The van der Waals surface area contributed by atoms with Gasteiger partial charge in [-0.1, -0.05) is 13.8 Å². The largest absolute Gasteiger partial charge is 0.370 e. The molecule has 0 aliphatic heterocycles. The van der Waals surface area contributed by atoms with Gasteiger partial charge in [0.2, 0.25) is 0 Å². The highest BCUT2D eigenvalue weighted by atomic mass is 32.1. The van der Waals surface area contributed by atoms with Gasteiger partial charge in [0.05, 0.1) is 5.69 Å². The van der Waals surface area contributed by atoms with Gasteiger partial charge < -0.3 is 5.32 Å². The first-order chi connectivity index (χ1) is 8.74. The van der Waals surface area contributed by atoms with Gasteiger partial charge in [0.25, 0.3) is 0 Å². The molecule has 1 N–H and O–H groups in total. The van der Waals surface area contributed by atoms with E-state index < -0.39 is 0 Å². The topological polar surface area (TPSA) is 37.8 Å². The Morgan fingerprint density at radius 2 is 2.11 bits per heavy atom. The average Bonchev–Trinajstić information content (AvgIpc) is 2.82. The van der Waals surface area contributed by atoms with E-state index in [-0.39, 0.29) is 0 Å². The molecule has 0 aliphatic rings. The number of thiophene rings is 1. The average molecular weight is 261 g/mol. The Kier molecular flexibility index (Phi) is 4.31. The summed E-state index contributed by atoms with van der Waals surface area (Å²) in [4.78, 5) is 10.4. The van der Waals surface area contributed by atoms with E-state index in [0.29, 0.717) is 0 Å². The molecular weight excluding hydrogens is 242 g/mol. The molecule has 2 aromatic rings. The van der Waals surface area contributed by atoms with Crippen LogP contribution in [0.4, 0.5) is 5.82 Å². The summed E-state index contributed by atoms with van der Waals surface area (Å²) in [7, 11) is 0. The third kappa shape index (κ3) is 2.88. The minimum atomic E-state index is 0.859. The number of aryl methyl sites for hydroxylation is 2. The van der Waals surface area contributed by atoms with Gasteiger partial charge >= 0.3 is 0 Å². The summed E-state index contributed by atoms with van der Waals surface area (Å²) in [6, 6.07) is 4.18. The number of rotatable bonds is 5. The van der Waals surface area contributed by atoms with Crippen LogP contribution in [0.1, 0.15) is 31.0 Å². The minimum Gasteiger partial charge on any atom is -0.370 e. The van der Waals surface area contributed by atoms with E-state index in [1.807, 2.05) is 6.07 Å². The highest BCUT2D eigenvalue weighted by Crippen LogP contribution is 2.27. The molecule has 0 fully saturated rings. The molecule has 0 saturated heterocycles. The van der Waals surface area contributed by atoms with Crippen molar-refractivity contribution in [3.05, 3.63) is 28.2 Å². The first-order valence-electron chi connectivity index (χ1n) is 6.40. The Hall–Kier alpha value is -1.42. The summed E-state index contributed by atoms with van der Waals surface area (Å²) in [6.07, 6.45) is 1.95. The lowest BCUT2D eigenvalue weighted by molar-refractivity contribution is 0.919. The third-order valence-electron chi connectivity index (χ3n) is 2.78. The van der Waals surface area contributed by atoms with E-state index in [1.54, 1.807) is 11.3 Å². The van der Waals surface area contributed by atoms with Crippen LogP contribution in [-0.4, -0.2) is 16.5 Å². The van der Waals surface area contributed by atoms with Crippen LogP contribution in [0.5, 0.6) is 0 Å². The maximum Gasteiger partial charge on any atom is 0.131 e. The van der Waals surface area contributed by atoms with Crippen molar-refractivity contribution in [2.24, 2.45) is 0 Å². The molecule has 2 aromatic heterocycles. The van der Waals surface area contributed by atoms with Gasteiger partial charge in [-0.25, -0.2) is 9.97 Å². The number of hydrogen-bond donors (Lipinski definition) is 1. The predicted molar refractivity (Wildman–Crippen MR) is 78.2 cm³/mol. The quantitative estimate of drug-likeness (QED) is 0.887. The second kappa shape index (κ2) is 5.96. The molecule has 0 radical (unpaired) electrons. The van der Waals surface area contributed by atoms with Crippen LogP contribution in [0.3, 0.4) is 0 Å². The van der Waals surface area contributed by atoms with Crippen molar-refractivity contribution < 1.29 is 0 Å². The molecule has 0 spiro atoms. The molecule has 2 rings (SSSR count). The number of anilines is 1. The van der Waals surface area contributed by atoms with Crippen molar-refractivity contribution in [2.45, 2.75) is 33.6 Å². The zero-order chi connectivity index (χ0) is 13.0. The summed E-state index contributed by atoms with van der Waals surface area (Å²) in [5.74, 6) is 1.83. The number of nitrogens with one attached hydrogen (secondary N) is 1. The van der Waals surface area contributed by atoms with Crippen molar-refractivity contribution in [3.8, 4) is 11.3 Å². The molecule has 3 nitrogen and oxygen atoms in total. The van der Waals surface area contributed by atoms with E-state index in [4.69, 9.17) is 0 Å². The fourth-order valence-electron chi connectivity index (χ4n) is 1.79. The predicted octanol–water partition coefficient (Wildman–Crippen LogP) is 3.90. The highest BCUT2D eigenvalue weighted by Gasteiger charge is 2.08.